The van der Waals surface area contributed by atoms with Gasteiger partial charge in [0.1, 0.15) is 6.04 Å². The van der Waals surface area contributed by atoms with Gasteiger partial charge in [0, 0.05) is 6.42 Å². The third kappa shape index (κ3) is 4.97. The number of hydrogen-bond acceptors (Lipinski definition) is 4. The van der Waals surface area contributed by atoms with E-state index in [0.717, 1.165) is 0 Å². The largest absolute Gasteiger partial charge is 0.481 e. The molecular formula is C9H12N2O5. The van der Waals surface area contributed by atoms with Crippen LogP contribution in [0.3, 0.4) is 0 Å². The maximum atomic E-state index is 11.2. The number of hydrogen-bond donors (Lipinski definition) is 4. The van der Waals surface area contributed by atoms with Gasteiger partial charge in [-0.15, -0.1) is 12.3 Å². The molecule has 0 aromatic heterocycles. The van der Waals surface area contributed by atoms with E-state index >= 15 is 0 Å². The fourth-order valence-corrected chi connectivity index (χ4v) is 0.878. The van der Waals surface area contributed by atoms with Gasteiger partial charge in [0.15, 0.2) is 0 Å². The Hall–Kier alpha value is -2.07. The number of aliphatic carboxylic acids is 2. The topological polar surface area (TPSA) is 130 Å². The Kier molecular flexibility index (Phi) is 5.59. The quantitative estimate of drug-likeness (QED) is 0.404. The summed E-state index contributed by atoms with van der Waals surface area (Å²) in [6, 6.07) is -2.55. The molecule has 0 unspecified atom stereocenters. The summed E-state index contributed by atoms with van der Waals surface area (Å²) >= 11 is 0. The van der Waals surface area contributed by atoms with E-state index in [-0.39, 0.29) is 6.42 Å². The van der Waals surface area contributed by atoms with Crippen molar-refractivity contribution in [1.82, 2.24) is 5.32 Å². The molecule has 1 amide bonds. The maximum Gasteiger partial charge on any atom is 0.327 e. The van der Waals surface area contributed by atoms with Crippen LogP contribution in [0.25, 0.3) is 0 Å². The molecule has 0 fully saturated rings. The van der Waals surface area contributed by atoms with Crippen molar-refractivity contribution in [1.29, 1.82) is 0 Å². The molecule has 7 heteroatoms. The van der Waals surface area contributed by atoms with E-state index in [1.54, 1.807) is 0 Å². The van der Waals surface area contributed by atoms with Gasteiger partial charge in [0.25, 0.3) is 0 Å². The number of nitrogens with one attached hydrogen (secondary N) is 1. The smallest absolute Gasteiger partial charge is 0.327 e. The van der Waals surface area contributed by atoms with Crippen LogP contribution in [0, 0.1) is 12.3 Å². The second-order valence-corrected chi connectivity index (χ2v) is 3.01. The summed E-state index contributed by atoms with van der Waals surface area (Å²) in [6.07, 6.45) is 4.14. The second kappa shape index (κ2) is 6.42. The third-order valence-electron chi connectivity index (χ3n) is 1.67. The Morgan fingerprint density at radius 3 is 2.31 bits per heavy atom. The van der Waals surface area contributed by atoms with Crippen LogP contribution in [0.1, 0.15) is 12.8 Å². The van der Waals surface area contributed by atoms with E-state index in [1.165, 1.54) is 0 Å². The first-order valence-corrected chi connectivity index (χ1v) is 4.32. The maximum absolute atomic E-state index is 11.2. The molecule has 5 N–H and O–H groups in total. The zero-order valence-electron chi connectivity index (χ0n) is 8.34. The van der Waals surface area contributed by atoms with E-state index in [1.807, 2.05) is 0 Å². The van der Waals surface area contributed by atoms with E-state index < -0.39 is 36.4 Å². The molecule has 0 aromatic carbocycles. The zero-order chi connectivity index (χ0) is 12.7. The van der Waals surface area contributed by atoms with E-state index in [4.69, 9.17) is 22.4 Å². The Bertz CT molecular complexity index is 333. The summed E-state index contributed by atoms with van der Waals surface area (Å²) in [5.74, 6) is -1.32. The van der Waals surface area contributed by atoms with E-state index in [0.29, 0.717) is 0 Å². The molecule has 0 aliphatic rings. The first-order chi connectivity index (χ1) is 7.38. The molecule has 0 saturated carbocycles. The standard InChI is InChI=1S/C9H12N2O5/c1-2-3-6(9(15)16)11-8(14)5(10)4-7(12)13/h1,5-6H,3-4,10H2,(H,11,14)(H,12,13)(H,15,16)/t5-,6+/m1/s1. The lowest BCUT2D eigenvalue weighted by Crippen LogP contribution is -2.48. The predicted octanol–water partition coefficient (Wildman–Crippen LogP) is -1.62. The van der Waals surface area contributed by atoms with Crippen LogP contribution in [-0.2, 0) is 14.4 Å². The zero-order valence-corrected chi connectivity index (χ0v) is 8.34. The lowest BCUT2D eigenvalue weighted by molar-refractivity contribution is -0.142. The van der Waals surface area contributed by atoms with Gasteiger partial charge < -0.3 is 21.3 Å². The SMILES string of the molecule is C#CC[C@H](NC(=O)[C@H](N)CC(=O)O)C(=O)O. The average molecular weight is 228 g/mol. The monoisotopic (exact) mass is 228 g/mol. The van der Waals surface area contributed by atoms with Crippen LogP contribution >= 0.6 is 0 Å². The second-order valence-electron chi connectivity index (χ2n) is 3.01. The van der Waals surface area contributed by atoms with E-state index in [9.17, 15) is 14.4 Å². The Morgan fingerprint density at radius 1 is 1.38 bits per heavy atom. The molecule has 2 atom stereocenters. The highest BCUT2D eigenvalue weighted by molar-refractivity contribution is 5.89. The lowest BCUT2D eigenvalue weighted by atomic mass is 10.1. The molecule has 88 valence electrons. The van der Waals surface area contributed by atoms with Crippen LogP contribution in [0.2, 0.25) is 0 Å². The molecule has 0 bridgehead atoms. The minimum atomic E-state index is -1.30. The minimum Gasteiger partial charge on any atom is -0.481 e. The first kappa shape index (κ1) is 13.9. The molecule has 0 aromatic rings. The number of carboxylic acids is 2. The first-order valence-electron chi connectivity index (χ1n) is 4.32. The van der Waals surface area contributed by atoms with Crippen LogP contribution in [0.15, 0.2) is 0 Å². The molecule has 0 radical (unpaired) electrons. The minimum absolute atomic E-state index is 0.194. The Balaban J connectivity index is 4.35. The lowest BCUT2D eigenvalue weighted by Gasteiger charge is -2.14. The number of carboxylic acid groups (broad SMARTS) is 2. The molecular weight excluding hydrogens is 216 g/mol. The van der Waals surface area contributed by atoms with Crippen molar-refractivity contribution in [2.75, 3.05) is 0 Å². The van der Waals surface area contributed by atoms with Gasteiger partial charge in [-0.25, -0.2) is 4.79 Å². The third-order valence-corrected chi connectivity index (χ3v) is 1.67. The number of rotatable bonds is 6. The van der Waals surface area contributed by atoms with Gasteiger partial charge in [0.2, 0.25) is 5.91 Å². The normalized spacial score (nSPS) is 13.2. The van der Waals surface area contributed by atoms with Crippen molar-refractivity contribution in [3.8, 4) is 12.3 Å². The predicted molar refractivity (Wildman–Crippen MR) is 53.2 cm³/mol. The number of nitrogens with two attached hydrogens (primary N) is 1. The fraction of sp³-hybridized carbons (Fsp3) is 0.444. The molecule has 7 nitrogen and oxygen atoms in total. The van der Waals surface area contributed by atoms with Gasteiger partial charge in [-0.3, -0.25) is 9.59 Å². The van der Waals surface area contributed by atoms with Crippen molar-refractivity contribution in [3.05, 3.63) is 0 Å². The number of carbonyl (C=O) groups is 3. The highest BCUT2D eigenvalue weighted by atomic mass is 16.4. The van der Waals surface area contributed by atoms with Gasteiger partial charge >= 0.3 is 11.9 Å². The number of terminal acetylenes is 1. The highest BCUT2D eigenvalue weighted by Crippen LogP contribution is 1.94. The van der Waals surface area contributed by atoms with Crippen molar-refractivity contribution in [2.45, 2.75) is 24.9 Å². The van der Waals surface area contributed by atoms with Gasteiger partial charge in [0.05, 0.1) is 12.5 Å². The van der Waals surface area contributed by atoms with Crippen molar-refractivity contribution in [2.24, 2.45) is 5.73 Å². The molecule has 0 aliphatic carbocycles. The molecule has 0 spiro atoms. The summed E-state index contributed by atoms with van der Waals surface area (Å²) in [7, 11) is 0. The van der Waals surface area contributed by atoms with Gasteiger partial charge in [-0.2, -0.15) is 0 Å². The molecule has 0 heterocycles. The summed E-state index contributed by atoms with van der Waals surface area (Å²) in [6.45, 7) is 0. The van der Waals surface area contributed by atoms with Crippen molar-refractivity contribution in [3.63, 3.8) is 0 Å². The summed E-state index contributed by atoms with van der Waals surface area (Å²) in [4.78, 5) is 32.1. The van der Waals surface area contributed by atoms with Crippen LogP contribution in [0.4, 0.5) is 0 Å². The number of carbonyl (C=O) groups excluding carboxylic acids is 1. The summed E-state index contributed by atoms with van der Waals surface area (Å²) in [5, 5.41) is 19.1. The highest BCUT2D eigenvalue weighted by Gasteiger charge is 2.23. The average Bonchev–Trinajstić information content (AvgIpc) is 2.15. The van der Waals surface area contributed by atoms with Gasteiger partial charge in [-0.1, -0.05) is 0 Å². The molecule has 0 aliphatic heterocycles. The number of amides is 1. The van der Waals surface area contributed by atoms with E-state index in [2.05, 4.69) is 11.2 Å². The van der Waals surface area contributed by atoms with Crippen LogP contribution in [0.5, 0.6) is 0 Å². The van der Waals surface area contributed by atoms with Gasteiger partial charge in [-0.05, 0) is 0 Å². The summed E-state index contributed by atoms with van der Waals surface area (Å²) < 4.78 is 0. The van der Waals surface area contributed by atoms with Crippen LogP contribution in [-0.4, -0.2) is 40.1 Å². The summed E-state index contributed by atoms with van der Waals surface area (Å²) in [5.41, 5.74) is 5.23. The van der Waals surface area contributed by atoms with Crippen molar-refractivity contribution < 1.29 is 24.6 Å². The van der Waals surface area contributed by atoms with Crippen LogP contribution < -0.4 is 11.1 Å². The Labute approximate surface area is 91.6 Å². The fourth-order valence-electron chi connectivity index (χ4n) is 0.878. The van der Waals surface area contributed by atoms with Crippen molar-refractivity contribution >= 4 is 17.8 Å². The molecule has 0 rings (SSSR count). The molecule has 16 heavy (non-hydrogen) atoms. The molecule has 0 saturated heterocycles. The Morgan fingerprint density at radius 2 is 1.94 bits per heavy atom.